The molecule has 0 saturated carbocycles. The molecular weight excluding hydrogens is 289 g/mol. The van der Waals surface area contributed by atoms with Crippen LogP contribution < -0.4 is 10.6 Å². The van der Waals surface area contributed by atoms with Crippen LogP contribution in [-0.4, -0.2) is 36.6 Å². The molecule has 2 amide bonds. The van der Waals surface area contributed by atoms with E-state index in [1.807, 2.05) is 0 Å². The third-order valence-corrected chi connectivity index (χ3v) is 2.54. The molecule has 8 heteroatoms. The van der Waals surface area contributed by atoms with Gasteiger partial charge in [-0.2, -0.15) is 13.2 Å². The van der Waals surface area contributed by atoms with E-state index < -0.39 is 35.7 Å². The number of carbonyl (C=O) groups excluding carboxylic acids is 2. The Morgan fingerprint density at radius 2 is 1.81 bits per heavy atom. The van der Waals surface area contributed by atoms with Gasteiger partial charge in [0.2, 0.25) is 5.91 Å². The second-order valence-corrected chi connectivity index (χ2v) is 4.15. The molecule has 0 spiro atoms. The van der Waals surface area contributed by atoms with Crippen LogP contribution in [0.5, 0.6) is 0 Å². The van der Waals surface area contributed by atoms with Gasteiger partial charge in [0.1, 0.15) is 0 Å². The van der Waals surface area contributed by atoms with E-state index in [9.17, 15) is 22.8 Å². The molecule has 0 unspecified atom stereocenters. The molecule has 0 aliphatic rings. The van der Waals surface area contributed by atoms with Crippen LogP contribution in [0.3, 0.4) is 0 Å². The molecule has 1 aromatic carbocycles. The third kappa shape index (κ3) is 5.42. The summed E-state index contributed by atoms with van der Waals surface area (Å²) in [7, 11) is 0. The van der Waals surface area contributed by atoms with Crippen molar-refractivity contribution in [2.24, 2.45) is 0 Å². The van der Waals surface area contributed by atoms with E-state index in [2.05, 4.69) is 10.6 Å². The van der Waals surface area contributed by atoms with Crippen molar-refractivity contribution in [3.8, 4) is 0 Å². The van der Waals surface area contributed by atoms with Crippen LogP contribution in [0.2, 0.25) is 0 Å². The van der Waals surface area contributed by atoms with Crippen LogP contribution in [0.1, 0.15) is 22.3 Å². The third-order valence-electron chi connectivity index (χ3n) is 2.54. The van der Waals surface area contributed by atoms with Crippen molar-refractivity contribution in [3.05, 3.63) is 35.4 Å². The molecule has 0 fully saturated rings. The minimum absolute atomic E-state index is 0.0917. The molecule has 116 valence electrons. The number of benzene rings is 1. The Hall–Kier alpha value is -2.09. The van der Waals surface area contributed by atoms with Gasteiger partial charge in [-0.25, -0.2) is 0 Å². The Morgan fingerprint density at radius 3 is 2.43 bits per heavy atom. The molecule has 1 aromatic rings. The maximum absolute atomic E-state index is 12.7. The maximum atomic E-state index is 12.7. The SMILES string of the molecule is O=C(CNC(=O)c1ccccc1C(F)(F)F)NCCCO. The summed E-state index contributed by atoms with van der Waals surface area (Å²) in [5.74, 6) is -1.51. The topological polar surface area (TPSA) is 78.4 Å². The summed E-state index contributed by atoms with van der Waals surface area (Å²) in [6.45, 7) is -0.299. The Bertz CT molecular complexity index is 504. The van der Waals surface area contributed by atoms with E-state index in [-0.39, 0.29) is 13.2 Å². The van der Waals surface area contributed by atoms with Gasteiger partial charge in [0.25, 0.3) is 5.91 Å². The molecule has 5 nitrogen and oxygen atoms in total. The van der Waals surface area contributed by atoms with Crippen molar-refractivity contribution in [2.45, 2.75) is 12.6 Å². The molecular formula is C13H15F3N2O3. The molecule has 1 rings (SSSR count). The number of alkyl halides is 3. The maximum Gasteiger partial charge on any atom is 0.417 e. The normalized spacial score (nSPS) is 11.0. The summed E-state index contributed by atoms with van der Waals surface area (Å²) in [6.07, 6.45) is -4.28. The van der Waals surface area contributed by atoms with Gasteiger partial charge in [0.05, 0.1) is 17.7 Å². The second kappa shape index (κ2) is 7.63. The van der Waals surface area contributed by atoms with Gasteiger partial charge in [-0.3, -0.25) is 9.59 Å². The quantitative estimate of drug-likeness (QED) is 0.684. The van der Waals surface area contributed by atoms with Gasteiger partial charge >= 0.3 is 6.18 Å². The smallest absolute Gasteiger partial charge is 0.396 e. The Labute approximate surface area is 119 Å². The summed E-state index contributed by atoms with van der Waals surface area (Å²) >= 11 is 0. The zero-order chi connectivity index (χ0) is 15.9. The average Bonchev–Trinajstić information content (AvgIpc) is 2.44. The lowest BCUT2D eigenvalue weighted by Gasteiger charge is -2.12. The standard InChI is InChI=1S/C13H15F3N2O3/c14-13(15,16)10-5-2-1-4-9(10)12(21)18-8-11(20)17-6-3-7-19/h1-2,4-5,19H,3,6-8H2,(H,17,20)(H,18,21). The van der Waals surface area contributed by atoms with Gasteiger partial charge in [-0.05, 0) is 18.6 Å². The Morgan fingerprint density at radius 1 is 1.14 bits per heavy atom. The minimum Gasteiger partial charge on any atom is -0.396 e. The highest BCUT2D eigenvalue weighted by Gasteiger charge is 2.34. The largest absolute Gasteiger partial charge is 0.417 e. The lowest BCUT2D eigenvalue weighted by molar-refractivity contribution is -0.137. The summed E-state index contributed by atoms with van der Waals surface area (Å²) in [4.78, 5) is 23.0. The van der Waals surface area contributed by atoms with Crippen LogP contribution in [0.25, 0.3) is 0 Å². The van der Waals surface area contributed by atoms with E-state index in [1.54, 1.807) is 0 Å². The van der Waals surface area contributed by atoms with E-state index >= 15 is 0 Å². The van der Waals surface area contributed by atoms with Gasteiger partial charge in [-0.15, -0.1) is 0 Å². The van der Waals surface area contributed by atoms with Crippen LogP contribution >= 0.6 is 0 Å². The van der Waals surface area contributed by atoms with E-state index in [4.69, 9.17) is 5.11 Å². The Balaban J connectivity index is 2.63. The number of rotatable bonds is 6. The predicted molar refractivity (Wildman–Crippen MR) is 68.5 cm³/mol. The number of aliphatic hydroxyl groups is 1. The molecule has 0 saturated heterocycles. The van der Waals surface area contributed by atoms with Crippen LogP contribution in [-0.2, 0) is 11.0 Å². The van der Waals surface area contributed by atoms with E-state index in [0.717, 1.165) is 12.1 Å². The van der Waals surface area contributed by atoms with Crippen LogP contribution in [0.15, 0.2) is 24.3 Å². The molecule has 21 heavy (non-hydrogen) atoms. The molecule has 0 aliphatic heterocycles. The molecule has 0 radical (unpaired) electrons. The summed E-state index contributed by atoms with van der Waals surface area (Å²) < 4.78 is 38.2. The van der Waals surface area contributed by atoms with Gasteiger partial charge in [0.15, 0.2) is 0 Å². The van der Waals surface area contributed by atoms with Crippen molar-refractivity contribution in [2.75, 3.05) is 19.7 Å². The summed E-state index contributed by atoms with van der Waals surface area (Å²) in [6, 6.07) is 4.34. The van der Waals surface area contributed by atoms with Crippen LogP contribution in [0.4, 0.5) is 13.2 Å². The number of aliphatic hydroxyl groups excluding tert-OH is 1. The minimum atomic E-state index is -4.64. The highest BCUT2D eigenvalue weighted by Crippen LogP contribution is 2.31. The second-order valence-electron chi connectivity index (χ2n) is 4.15. The predicted octanol–water partition coefficient (Wildman–Crippen LogP) is 0.934. The van der Waals surface area contributed by atoms with Crippen LogP contribution in [0, 0.1) is 0 Å². The zero-order valence-electron chi connectivity index (χ0n) is 11.0. The zero-order valence-corrected chi connectivity index (χ0v) is 11.0. The first kappa shape index (κ1) is 17.0. The van der Waals surface area contributed by atoms with E-state index in [0.29, 0.717) is 6.42 Å². The number of amides is 2. The van der Waals surface area contributed by atoms with Gasteiger partial charge in [-0.1, -0.05) is 12.1 Å². The first-order chi connectivity index (χ1) is 9.86. The number of halogens is 3. The monoisotopic (exact) mass is 304 g/mol. The van der Waals surface area contributed by atoms with Crippen molar-refractivity contribution >= 4 is 11.8 Å². The fraction of sp³-hybridized carbons (Fsp3) is 0.385. The average molecular weight is 304 g/mol. The van der Waals surface area contributed by atoms with E-state index in [1.165, 1.54) is 12.1 Å². The molecule has 3 N–H and O–H groups in total. The molecule has 0 heterocycles. The van der Waals surface area contributed by atoms with Crippen molar-refractivity contribution < 1.29 is 27.9 Å². The van der Waals surface area contributed by atoms with Crippen molar-refractivity contribution in [1.82, 2.24) is 10.6 Å². The lowest BCUT2D eigenvalue weighted by Crippen LogP contribution is -2.38. The molecule has 0 aromatic heterocycles. The number of hydrogen-bond acceptors (Lipinski definition) is 3. The van der Waals surface area contributed by atoms with Crippen molar-refractivity contribution in [1.29, 1.82) is 0 Å². The molecule has 0 atom stereocenters. The molecule has 0 bridgehead atoms. The number of carbonyl (C=O) groups is 2. The summed E-state index contributed by atoms with van der Waals surface area (Å²) in [5.41, 5.74) is -1.59. The fourth-order valence-corrected chi connectivity index (χ4v) is 1.55. The summed E-state index contributed by atoms with van der Waals surface area (Å²) in [5, 5.41) is 13.0. The first-order valence-corrected chi connectivity index (χ1v) is 6.18. The van der Waals surface area contributed by atoms with Crippen molar-refractivity contribution in [3.63, 3.8) is 0 Å². The number of hydrogen-bond donors (Lipinski definition) is 3. The molecule has 0 aliphatic carbocycles. The lowest BCUT2D eigenvalue weighted by atomic mass is 10.1. The highest BCUT2D eigenvalue weighted by molar-refractivity contribution is 5.97. The first-order valence-electron chi connectivity index (χ1n) is 6.18. The highest BCUT2D eigenvalue weighted by atomic mass is 19.4. The number of nitrogens with one attached hydrogen (secondary N) is 2. The fourth-order valence-electron chi connectivity index (χ4n) is 1.55. The van der Waals surface area contributed by atoms with Gasteiger partial charge < -0.3 is 15.7 Å². The van der Waals surface area contributed by atoms with Gasteiger partial charge in [0, 0.05) is 13.2 Å². The Kier molecular flexibility index (Phi) is 6.16.